The predicted octanol–water partition coefficient (Wildman–Crippen LogP) is 3.03. The van der Waals surface area contributed by atoms with E-state index in [1.807, 2.05) is 20.8 Å². The van der Waals surface area contributed by atoms with E-state index >= 15 is 0 Å². The lowest BCUT2D eigenvalue weighted by Crippen LogP contribution is -2.16. The lowest BCUT2D eigenvalue weighted by Gasteiger charge is -2.23. The van der Waals surface area contributed by atoms with Gasteiger partial charge in [-0.3, -0.25) is 0 Å². The monoisotopic (exact) mass is 441 g/mol. The number of nitrogens with two attached hydrogens (primary N) is 1. The summed E-state index contributed by atoms with van der Waals surface area (Å²) in [5.74, 6) is 0.772. The Hall–Kier alpha value is -3.58. The third-order valence-electron chi connectivity index (χ3n) is 5.21. The van der Waals surface area contributed by atoms with Crippen LogP contribution in [0.25, 0.3) is 11.0 Å². The molecule has 1 aliphatic rings. The Labute approximate surface area is 182 Å². The number of carbonyl (C=O) groups is 1. The molecule has 0 saturated carbocycles. The van der Waals surface area contributed by atoms with Gasteiger partial charge in [0, 0.05) is 5.56 Å². The number of aryl methyl sites for hydroxylation is 1. The molecule has 1 fully saturated rings. The minimum Gasteiger partial charge on any atom is -0.493 e. The molecule has 3 N–H and O–H groups in total. The first kappa shape index (κ1) is 20.7. The fourth-order valence-corrected chi connectivity index (χ4v) is 4.09. The summed E-state index contributed by atoms with van der Waals surface area (Å²) >= 11 is 6.49. The van der Waals surface area contributed by atoms with Crippen LogP contribution in [0.4, 0.5) is 10.6 Å². The summed E-state index contributed by atoms with van der Waals surface area (Å²) in [6.07, 6.45) is 0.112. The molecule has 0 radical (unpaired) electrons. The minimum absolute atomic E-state index is 0.204. The molecule has 31 heavy (non-hydrogen) atoms. The van der Waals surface area contributed by atoms with Gasteiger partial charge in [-0.25, -0.2) is 19.4 Å². The topological polar surface area (TPSA) is 141 Å². The van der Waals surface area contributed by atoms with Crippen LogP contribution in [0.2, 0.25) is 5.02 Å². The van der Waals surface area contributed by atoms with Crippen molar-refractivity contribution in [2.45, 2.75) is 32.9 Å². The molecule has 0 aliphatic carbocycles. The van der Waals surface area contributed by atoms with E-state index in [0.29, 0.717) is 46.0 Å². The quantitative estimate of drug-likeness (QED) is 0.615. The molecule has 3 aromatic rings. The summed E-state index contributed by atoms with van der Waals surface area (Å²) in [6, 6.07) is 3.40. The second kappa shape index (κ2) is 7.92. The van der Waals surface area contributed by atoms with E-state index in [1.165, 1.54) is 6.33 Å². The molecule has 1 saturated heterocycles. The lowest BCUT2D eigenvalue weighted by atomic mass is 9.95. The zero-order valence-corrected chi connectivity index (χ0v) is 17.9. The first-order chi connectivity index (χ1) is 14.9. The molecule has 4 rings (SSSR count). The molecule has 1 aliphatic heterocycles. The summed E-state index contributed by atoms with van der Waals surface area (Å²) in [6.45, 7) is 6.11. The number of ether oxygens (including phenoxy) is 2. The van der Waals surface area contributed by atoms with Crippen LogP contribution in [0.15, 0.2) is 12.4 Å². The molecular weight excluding hydrogens is 422 g/mol. The van der Waals surface area contributed by atoms with E-state index in [-0.39, 0.29) is 23.2 Å². The maximum atomic E-state index is 11.7. The lowest BCUT2D eigenvalue weighted by molar-refractivity contribution is 0.138. The maximum Gasteiger partial charge on any atom is 0.407 e. The van der Waals surface area contributed by atoms with Gasteiger partial charge in [-0.2, -0.15) is 10.4 Å². The van der Waals surface area contributed by atoms with E-state index < -0.39 is 12.2 Å². The number of aromatic nitrogens is 4. The summed E-state index contributed by atoms with van der Waals surface area (Å²) in [4.78, 5) is 20.1. The maximum absolute atomic E-state index is 11.7. The van der Waals surface area contributed by atoms with Crippen molar-refractivity contribution in [3.05, 3.63) is 39.8 Å². The number of benzene rings is 1. The van der Waals surface area contributed by atoms with Gasteiger partial charge in [0.1, 0.15) is 24.0 Å². The van der Waals surface area contributed by atoms with Crippen LogP contribution in [-0.2, 0) is 4.74 Å². The third-order valence-corrected chi connectivity index (χ3v) is 5.51. The molecule has 0 bridgehead atoms. The molecule has 3 heterocycles. The van der Waals surface area contributed by atoms with Crippen LogP contribution >= 0.6 is 11.6 Å². The van der Waals surface area contributed by atoms with Gasteiger partial charge in [-0.15, -0.1) is 0 Å². The molecule has 2 atom stereocenters. The average molecular weight is 442 g/mol. The van der Waals surface area contributed by atoms with Crippen molar-refractivity contribution in [2.24, 2.45) is 0 Å². The number of hydrogen-bond donors (Lipinski definition) is 2. The summed E-state index contributed by atoms with van der Waals surface area (Å²) in [5.41, 5.74) is 8.59. The fourth-order valence-electron chi connectivity index (χ4n) is 3.83. The highest BCUT2D eigenvalue weighted by Gasteiger charge is 2.34. The number of fused-ring (bicyclic) bond motifs is 1. The Balaban J connectivity index is 1.95. The molecule has 1 aromatic carbocycles. The van der Waals surface area contributed by atoms with E-state index in [4.69, 9.17) is 26.8 Å². The molecular formula is C20H20ClN7O3. The number of nitrogens with one attached hydrogen (secondary N) is 1. The van der Waals surface area contributed by atoms with Gasteiger partial charge in [0.05, 0.1) is 46.4 Å². The standard InChI is InChI=1S/C20H20ClN7O3/c1-4-30-17-11(5-13(21)12(6-22)16(17)14-7-24-20(29)31-14)10(3)28-19-15(9(2)27-28)18(23)25-8-26-19/h5,8,10,14H,4,7H2,1-3H3,(H,24,29)(H2,23,25,26)/t10-,14-/m0/s1. The van der Waals surface area contributed by atoms with Crippen molar-refractivity contribution in [3.8, 4) is 11.8 Å². The zero-order valence-electron chi connectivity index (χ0n) is 17.1. The number of nitrogen functional groups attached to an aromatic ring is 1. The SMILES string of the molecule is CCOc1c([C@H](C)n2nc(C)c3c(N)ncnc32)cc(Cl)c(C#N)c1[C@@H]1CNC(=O)O1. The van der Waals surface area contributed by atoms with Crippen molar-refractivity contribution in [1.82, 2.24) is 25.1 Å². The molecule has 1 amide bonds. The number of amides is 1. The van der Waals surface area contributed by atoms with Gasteiger partial charge >= 0.3 is 6.09 Å². The van der Waals surface area contributed by atoms with Gasteiger partial charge in [-0.05, 0) is 26.8 Å². The minimum atomic E-state index is -0.706. The molecule has 10 nitrogen and oxygen atoms in total. The van der Waals surface area contributed by atoms with Crippen LogP contribution in [0, 0.1) is 18.3 Å². The smallest absolute Gasteiger partial charge is 0.407 e. The van der Waals surface area contributed by atoms with Crippen molar-refractivity contribution in [2.75, 3.05) is 18.9 Å². The van der Waals surface area contributed by atoms with E-state index in [9.17, 15) is 10.1 Å². The molecule has 0 unspecified atom stereocenters. The Bertz CT molecular complexity index is 1230. The van der Waals surface area contributed by atoms with Crippen LogP contribution in [0.5, 0.6) is 5.75 Å². The third kappa shape index (κ3) is 3.37. The normalized spacial score (nSPS) is 16.6. The van der Waals surface area contributed by atoms with Gasteiger partial charge in [-0.1, -0.05) is 11.6 Å². The average Bonchev–Trinajstić information content (AvgIpc) is 3.32. The van der Waals surface area contributed by atoms with E-state index in [2.05, 4.69) is 26.5 Å². The van der Waals surface area contributed by atoms with Gasteiger partial charge in [0.15, 0.2) is 11.8 Å². The van der Waals surface area contributed by atoms with Crippen molar-refractivity contribution in [1.29, 1.82) is 5.26 Å². The van der Waals surface area contributed by atoms with Crippen LogP contribution in [0.3, 0.4) is 0 Å². The van der Waals surface area contributed by atoms with Gasteiger partial charge < -0.3 is 20.5 Å². The summed E-state index contributed by atoms with van der Waals surface area (Å²) in [5, 5.41) is 17.9. The fraction of sp³-hybridized carbons (Fsp3) is 0.350. The Morgan fingerprint density at radius 2 is 2.29 bits per heavy atom. The highest BCUT2D eigenvalue weighted by Crippen LogP contribution is 2.43. The second-order valence-electron chi connectivity index (χ2n) is 7.05. The zero-order chi connectivity index (χ0) is 22.3. The first-order valence-electron chi connectivity index (χ1n) is 9.66. The number of anilines is 1. The van der Waals surface area contributed by atoms with Crippen molar-refractivity contribution < 1.29 is 14.3 Å². The highest BCUT2D eigenvalue weighted by atomic mass is 35.5. The number of nitrogens with zero attached hydrogens (tertiary/aromatic N) is 5. The number of cyclic esters (lactones) is 1. The number of nitriles is 1. The number of rotatable bonds is 5. The Morgan fingerprint density at radius 3 is 2.94 bits per heavy atom. The number of halogens is 1. The predicted molar refractivity (Wildman–Crippen MR) is 113 cm³/mol. The van der Waals surface area contributed by atoms with Crippen LogP contribution < -0.4 is 15.8 Å². The Morgan fingerprint density at radius 1 is 1.52 bits per heavy atom. The molecule has 0 spiro atoms. The van der Waals surface area contributed by atoms with Crippen LogP contribution in [0.1, 0.15) is 48.4 Å². The van der Waals surface area contributed by atoms with Gasteiger partial charge in [0.2, 0.25) is 0 Å². The van der Waals surface area contributed by atoms with E-state index in [1.54, 1.807) is 10.7 Å². The van der Waals surface area contributed by atoms with Crippen molar-refractivity contribution in [3.63, 3.8) is 0 Å². The number of alkyl carbamates (subject to hydrolysis) is 1. The Kier molecular flexibility index (Phi) is 5.29. The second-order valence-corrected chi connectivity index (χ2v) is 7.46. The highest BCUT2D eigenvalue weighted by molar-refractivity contribution is 6.32. The first-order valence-corrected chi connectivity index (χ1v) is 10.0. The van der Waals surface area contributed by atoms with Gasteiger partial charge in [0.25, 0.3) is 0 Å². The van der Waals surface area contributed by atoms with Crippen molar-refractivity contribution >= 4 is 34.5 Å². The summed E-state index contributed by atoms with van der Waals surface area (Å²) in [7, 11) is 0. The largest absolute Gasteiger partial charge is 0.493 e. The van der Waals surface area contributed by atoms with E-state index in [0.717, 1.165) is 0 Å². The summed E-state index contributed by atoms with van der Waals surface area (Å²) < 4.78 is 13.0. The number of carbonyl (C=O) groups excluding carboxylic acids is 1. The molecule has 160 valence electrons. The number of hydrogen-bond acceptors (Lipinski definition) is 8. The molecule has 11 heteroatoms. The molecule has 2 aromatic heterocycles. The van der Waals surface area contributed by atoms with Crippen LogP contribution in [-0.4, -0.2) is 39.0 Å².